The number of sulfonamides is 1. The molecule has 0 amide bonds. The Kier molecular flexibility index (Phi) is 6.02. The highest BCUT2D eigenvalue weighted by Crippen LogP contribution is 2.21. The van der Waals surface area contributed by atoms with Gasteiger partial charge >= 0.3 is 5.97 Å². The second-order valence-corrected chi connectivity index (χ2v) is 7.60. The predicted molar refractivity (Wildman–Crippen MR) is 96.5 cm³/mol. The first kappa shape index (κ1) is 21.3. The summed E-state index contributed by atoms with van der Waals surface area (Å²) < 4.78 is 58.5. The summed E-state index contributed by atoms with van der Waals surface area (Å²) >= 11 is 0. The molecule has 9 nitrogen and oxygen atoms in total. The van der Waals surface area contributed by atoms with Crippen molar-refractivity contribution >= 4 is 33.3 Å². The van der Waals surface area contributed by atoms with E-state index in [0.29, 0.717) is 18.7 Å². The van der Waals surface area contributed by atoms with Crippen molar-refractivity contribution in [2.45, 2.75) is 20.4 Å². The number of hydrogen-bond acceptors (Lipinski definition) is 7. The van der Waals surface area contributed by atoms with Crippen LogP contribution < -0.4 is 10.5 Å². The number of hydrogen-bond donors (Lipinski definition) is 2. The SMILES string of the molecule is CCn1nc(C)c(C(=O)OCC(=O)c2c(F)cc(NS(C)(=O)=O)cc2F)c1N. The summed E-state index contributed by atoms with van der Waals surface area (Å²) in [7, 11) is -3.76. The summed E-state index contributed by atoms with van der Waals surface area (Å²) in [6.07, 6.45) is 0.801. The fourth-order valence-electron chi connectivity index (χ4n) is 2.48. The van der Waals surface area contributed by atoms with Crippen molar-refractivity contribution in [3.8, 4) is 0 Å². The monoisotopic (exact) mass is 416 g/mol. The molecule has 0 aliphatic heterocycles. The van der Waals surface area contributed by atoms with Crippen molar-refractivity contribution in [2.24, 2.45) is 0 Å². The Bertz CT molecular complexity index is 1030. The Labute approximate surface area is 159 Å². The lowest BCUT2D eigenvalue weighted by Gasteiger charge is -2.09. The van der Waals surface area contributed by atoms with Crippen LogP contribution in [-0.4, -0.2) is 42.8 Å². The molecule has 152 valence electrons. The van der Waals surface area contributed by atoms with Gasteiger partial charge in [-0.2, -0.15) is 5.10 Å². The highest BCUT2D eigenvalue weighted by atomic mass is 32.2. The van der Waals surface area contributed by atoms with E-state index in [1.54, 1.807) is 6.92 Å². The Morgan fingerprint density at radius 1 is 1.25 bits per heavy atom. The van der Waals surface area contributed by atoms with Gasteiger partial charge in [-0.3, -0.25) is 9.52 Å². The van der Waals surface area contributed by atoms with Crippen LogP contribution >= 0.6 is 0 Å². The molecule has 0 fully saturated rings. The Morgan fingerprint density at radius 2 is 1.82 bits per heavy atom. The minimum absolute atomic E-state index is 0.0386. The summed E-state index contributed by atoms with van der Waals surface area (Å²) in [6.45, 7) is 2.74. The summed E-state index contributed by atoms with van der Waals surface area (Å²) in [4.78, 5) is 24.3. The van der Waals surface area contributed by atoms with E-state index < -0.39 is 45.6 Å². The maximum absolute atomic E-state index is 14.1. The van der Waals surface area contributed by atoms with Crippen LogP contribution in [0.3, 0.4) is 0 Å². The van der Waals surface area contributed by atoms with Gasteiger partial charge in [0.05, 0.1) is 23.2 Å². The lowest BCUT2D eigenvalue weighted by atomic mass is 10.1. The predicted octanol–water partition coefficient (Wildman–Crippen LogP) is 1.48. The first-order valence-electron chi connectivity index (χ1n) is 7.94. The number of Topliss-reactive ketones (excluding diaryl/α,β-unsaturated/α-hetero) is 1. The standard InChI is InChI=1S/C16H18F2N4O5S/c1-4-22-15(19)13(8(2)20-22)16(24)27-7-12(23)14-10(17)5-9(6-11(14)18)21-28(3,25)26/h5-6,21H,4,7,19H2,1-3H3. The van der Waals surface area contributed by atoms with Gasteiger partial charge in [-0.1, -0.05) is 0 Å². The minimum Gasteiger partial charge on any atom is -0.454 e. The Balaban J connectivity index is 2.17. The third kappa shape index (κ3) is 4.63. The van der Waals surface area contributed by atoms with Gasteiger partial charge in [0.25, 0.3) is 0 Å². The number of nitrogens with two attached hydrogens (primary N) is 1. The summed E-state index contributed by atoms with van der Waals surface area (Å²) in [6, 6.07) is 1.29. The molecule has 28 heavy (non-hydrogen) atoms. The van der Waals surface area contributed by atoms with Gasteiger partial charge in [-0.25, -0.2) is 26.7 Å². The van der Waals surface area contributed by atoms with Gasteiger partial charge in [0, 0.05) is 6.54 Å². The zero-order valence-corrected chi connectivity index (χ0v) is 16.1. The fourth-order valence-corrected chi connectivity index (χ4v) is 3.03. The van der Waals surface area contributed by atoms with Gasteiger partial charge in [0.1, 0.15) is 23.0 Å². The number of ether oxygens (including phenoxy) is 1. The average molecular weight is 416 g/mol. The van der Waals surface area contributed by atoms with Crippen LogP contribution in [0.1, 0.15) is 33.3 Å². The third-order valence-electron chi connectivity index (χ3n) is 3.63. The molecule has 2 aromatic rings. The molecule has 0 bridgehead atoms. The number of anilines is 2. The first-order chi connectivity index (χ1) is 12.9. The zero-order chi connectivity index (χ0) is 21.2. The highest BCUT2D eigenvalue weighted by Gasteiger charge is 2.24. The summed E-state index contributed by atoms with van der Waals surface area (Å²) in [5, 5.41) is 4.03. The van der Waals surface area contributed by atoms with Gasteiger partial charge in [0.15, 0.2) is 6.61 Å². The molecule has 12 heteroatoms. The van der Waals surface area contributed by atoms with E-state index in [9.17, 15) is 26.8 Å². The van der Waals surface area contributed by atoms with Crippen LogP contribution in [-0.2, 0) is 21.3 Å². The molecule has 0 aliphatic carbocycles. The normalized spacial score (nSPS) is 11.3. The van der Waals surface area contributed by atoms with Crippen molar-refractivity contribution in [1.82, 2.24) is 9.78 Å². The Hall–Kier alpha value is -3.02. The number of nitrogen functional groups attached to an aromatic ring is 1. The molecule has 0 radical (unpaired) electrons. The number of carbonyl (C=O) groups is 2. The smallest absolute Gasteiger partial charge is 0.344 e. The van der Waals surface area contributed by atoms with Crippen LogP contribution in [0, 0.1) is 18.6 Å². The van der Waals surface area contributed by atoms with Crippen LogP contribution in [0.15, 0.2) is 12.1 Å². The fraction of sp³-hybridized carbons (Fsp3) is 0.312. The van der Waals surface area contributed by atoms with Crippen molar-refractivity contribution in [3.63, 3.8) is 0 Å². The molecule has 0 unspecified atom stereocenters. The van der Waals surface area contributed by atoms with E-state index in [1.165, 1.54) is 11.6 Å². The minimum atomic E-state index is -3.76. The quantitative estimate of drug-likeness (QED) is 0.516. The largest absolute Gasteiger partial charge is 0.454 e. The van der Waals surface area contributed by atoms with E-state index in [2.05, 4.69) is 5.10 Å². The molecule has 0 spiro atoms. The molecule has 1 aromatic heterocycles. The van der Waals surface area contributed by atoms with Crippen LogP contribution in [0.4, 0.5) is 20.3 Å². The Morgan fingerprint density at radius 3 is 2.29 bits per heavy atom. The van der Waals surface area contributed by atoms with Crippen molar-refractivity contribution < 1.29 is 31.5 Å². The molecule has 1 aromatic carbocycles. The molecule has 0 atom stereocenters. The number of esters is 1. The molecule has 0 aliphatic rings. The molecular formula is C16H18F2N4O5S. The molecule has 3 N–H and O–H groups in total. The topological polar surface area (TPSA) is 133 Å². The maximum atomic E-state index is 14.1. The van der Waals surface area contributed by atoms with E-state index in [1.807, 2.05) is 4.72 Å². The van der Waals surface area contributed by atoms with E-state index in [4.69, 9.17) is 10.5 Å². The molecule has 1 heterocycles. The second kappa shape index (κ2) is 7.92. The molecule has 0 saturated heterocycles. The zero-order valence-electron chi connectivity index (χ0n) is 15.2. The number of rotatable bonds is 7. The van der Waals surface area contributed by atoms with Gasteiger partial charge in [-0.05, 0) is 26.0 Å². The summed E-state index contributed by atoms with van der Waals surface area (Å²) in [5.74, 6) is -4.66. The number of ketones is 1. The number of benzene rings is 1. The number of halogens is 2. The molecule has 2 rings (SSSR count). The van der Waals surface area contributed by atoms with Crippen molar-refractivity contribution in [1.29, 1.82) is 0 Å². The van der Waals surface area contributed by atoms with Crippen LogP contribution in [0.25, 0.3) is 0 Å². The van der Waals surface area contributed by atoms with Gasteiger partial charge < -0.3 is 10.5 Å². The van der Waals surface area contributed by atoms with Crippen LogP contribution in [0.2, 0.25) is 0 Å². The number of nitrogens with one attached hydrogen (secondary N) is 1. The first-order valence-corrected chi connectivity index (χ1v) is 9.83. The highest BCUT2D eigenvalue weighted by molar-refractivity contribution is 7.92. The van der Waals surface area contributed by atoms with Gasteiger partial charge in [0.2, 0.25) is 15.8 Å². The van der Waals surface area contributed by atoms with E-state index in [-0.39, 0.29) is 22.8 Å². The lowest BCUT2D eigenvalue weighted by Crippen LogP contribution is -2.18. The average Bonchev–Trinajstić information content (AvgIpc) is 2.84. The van der Waals surface area contributed by atoms with E-state index >= 15 is 0 Å². The third-order valence-corrected chi connectivity index (χ3v) is 4.24. The number of carbonyl (C=O) groups excluding carboxylic acids is 2. The number of aromatic nitrogens is 2. The second-order valence-electron chi connectivity index (χ2n) is 5.85. The van der Waals surface area contributed by atoms with Crippen LogP contribution in [0.5, 0.6) is 0 Å². The summed E-state index contributed by atoms with van der Waals surface area (Å²) in [5.41, 5.74) is 4.69. The molecule has 0 saturated carbocycles. The lowest BCUT2D eigenvalue weighted by molar-refractivity contribution is 0.0472. The van der Waals surface area contributed by atoms with Crippen molar-refractivity contribution in [3.05, 3.63) is 40.6 Å². The maximum Gasteiger partial charge on any atom is 0.344 e. The molecular weight excluding hydrogens is 398 g/mol. The van der Waals surface area contributed by atoms with E-state index in [0.717, 1.165) is 6.26 Å². The number of nitrogens with zero attached hydrogens (tertiary/aromatic N) is 2. The van der Waals surface area contributed by atoms with Gasteiger partial charge in [-0.15, -0.1) is 0 Å². The van der Waals surface area contributed by atoms with Crippen molar-refractivity contribution in [2.75, 3.05) is 23.3 Å². The number of aryl methyl sites for hydroxylation is 2.